The number of nitrogens with zero attached hydrogens (tertiary/aromatic N) is 4. The molecule has 0 saturated heterocycles. The van der Waals surface area contributed by atoms with Gasteiger partial charge in [0, 0.05) is 43.8 Å². The van der Waals surface area contributed by atoms with Crippen LogP contribution in [0.25, 0.3) is 0 Å². The Morgan fingerprint density at radius 1 is 1.33 bits per heavy atom. The Hall–Kier alpha value is -2.37. The number of aromatic nitrogens is 3. The minimum atomic E-state index is 0.0335. The summed E-state index contributed by atoms with van der Waals surface area (Å²) in [4.78, 5) is 22.9. The molecule has 0 radical (unpaired) electrons. The minimum absolute atomic E-state index is 0.0335. The van der Waals surface area contributed by atoms with Gasteiger partial charge in [0.05, 0.1) is 6.54 Å². The topological polar surface area (TPSA) is 63.1 Å². The Balaban J connectivity index is 1.73. The molecule has 0 aromatic carbocycles. The molecule has 1 aliphatic rings. The lowest BCUT2D eigenvalue weighted by Gasteiger charge is -2.27. The Morgan fingerprint density at radius 2 is 2.24 bits per heavy atom. The van der Waals surface area contributed by atoms with Crippen LogP contribution in [0.1, 0.15) is 29.5 Å². The predicted octanol–water partition coefficient (Wildman–Crippen LogP) is 1.76. The first-order valence-electron chi connectivity index (χ1n) is 7.27. The van der Waals surface area contributed by atoms with E-state index in [2.05, 4.69) is 26.8 Å². The van der Waals surface area contributed by atoms with Crippen molar-refractivity contribution in [2.75, 3.05) is 18.4 Å². The second-order valence-corrected chi connectivity index (χ2v) is 5.12. The quantitative estimate of drug-likeness (QED) is 0.929. The van der Waals surface area contributed by atoms with Gasteiger partial charge in [-0.15, -0.1) is 0 Å². The highest BCUT2D eigenvalue weighted by Gasteiger charge is 2.22. The third-order valence-electron chi connectivity index (χ3n) is 3.60. The fourth-order valence-corrected chi connectivity index (χ4v) is 2.44. The molecule has 0 aliphatic carbocycles. The minimum Gasteiger partial charge on any atom is -0.370 e. The van der Waals surface area contributed by atoms with E-state index >= 15 is 0 Å². The van der Waals surface area contributed by atoms with Gasteiger partial charge in [-0.2, -0.15) is 0 Å². The van der Waals surface area contributed by atoms with Crippen molar-refractivity contribution in [1.29, 1.82) is 0 Å². The molecular formula is C15H19N5O. The highest BCUT2D eigenvalue weighted by Crippen LogP contribution is 2.15. The summed E-state index contributed by atoms with van der Waals surface area (Å²) in [6.45, 7) is 5.02. The first kappa shape index (κ1) is 13.6. The van der Waals surface area contributed by atoms with Crippen LogP contribution in [0.3, 0.4) is 0 Å². The zero-order valence-corrected chi connectivity index (χ0v) is 12.1. The van der Waals surface area contributed by atoms with E-state index in [4.69, 9.17) is 0 Å². The van der Waals surface area contributed by atoms with E-state index in [0.29, 0.717) is 18.7 Å². The monoisotopic (exact) mass is 285 g/mol. The first-order chi connectivity index (χ1) is 10.3. The number of imidazole rings is 1. The van der Waals surface area contributed by atoms with Crippen molar-refractivity contribution in [3.63, 3.8) is 0 Å². The summed E-state index contributed by atoms with van der Waals surface area (Å²) in [5, 5.41) is 3.21. The van der Waals surface area contributed by atoms with E-state index in [-0.39, 0.29) is 5.91 Å². The van der Waals surface area contributed by atoms with Crippen molar-refractivity contribution in [1.82, 2.24) is 19.4 Å². The number of hydrogen-bond donors (Lipinski definition) is 1. The molecule has 0 spiro atoms. The smallest absolute Gasteiger partial charge is 0.254 e. The summed E-state index contributed by atoms with van der Waals surface area (Å²) in [6, 6.07) is 3.58. The lowest BCUT2D eigenvalue weighted by Crippen LogP contribution is -2.38. The molecule has 0 atom stereocenters. The molecule has 1 aliphatic heterocycles. The van der Waals surface area contributed by atoms with Gasteiger partial charge in [-0.1, -0.05) is 6.92 Å². The molecule has 0 bridgehead atoms. The molecule has 6 heteroatoms. The fourth-order valence-electron chi connectivity index (χ4n) is 2.44. The van der Waals surface area contributed by atoms with Crippen LogP contribution in [0.2, 0.25) is 0 Å². The second-order valence-electron chi connectivity index (χ2n) is 5.12. The van der Waals surface area contributed by atoms with E-state index < -0.39 is 0 Å². The fraction of sp³-hybridized carbons (Fsp3) is 0.400. The van der Waals surface area contributed by atoms with Crippen molar-refractivity contribution in [3.05, 3.63) is 42.1 Å². The number of carbonyl (C=O) groups is 1. The second kappa shape index (κ2) is 5.95. The Kier molecular flexibility index (Phi) is 3.85. The third kappa shape index (κ3) is 2.89. The molecule has 1 N–H and O–H groups in total. The highest BCUT2D eigenvalue weighted by molar-refractivity contribution is 5.94. The molecule has 21 heavy (non-hydrogen) atoms. The molecular weight excluding hydrogens is 266 g/mol. The summed E-state index contributed by atoms with van der Waals surface area (Å²) in [5.41, 5.74) is 0.670. The number of carbonyl (C=O) groups excluding carboxylic acids is 1. The average molecular weight is 285 g/mol. The summed E-state index contributed by atoms with van der Waals surface area (Å²) >= 11 is 0. The molecule has 2 aromatic rings. The number of fused-ring (bicyclic) bond motifs is 1. The SMILES string of the molecule is CCCNc1cc(C(=O)N2CCn3ccnc3C2)ccn1. The Morgan fingerprint density at radius 3 is 3.10 bits per heavy atom. The van der Waals surface area contributed by atoms with E-state index in [9.17, 15) is 4.79 Å². The molecule has 0 fully saturated rings. The van der Waals surface area contributed by atoms with Gasteiger partial charge >= 0.3 is 0 Å². The number of rotatable bonds is 4. The van der Waals surface area contributed by atoms with Crippen molar-refractivity contribution >= 4 is 11.7 Å². The molecule has 3 heterocycles. The lowest BCUT2D eigenvalue weighted by molar-refractivity contribution is 0.0707. The van der Waals surface area contributed by atoms with Crippen LogP contribution < -0.4 is 5.32 Å². The Labute approximate surface area is 123 Å². The van der Waals surface area contributed by atoms with Crippen LogP contribution in [0.5, 0.6) is 0 Å². The van der Waals surface area contributed by atoms with Crippen molar-refractivity contribution in [2.24, 2.45) is 0 Å². The largest absolute Gasteiger partial charge is 0.370 e. The van der Waals surface area contributed by atoms with E-state index in [1.807, 2.05) is 17.2 Å². The zero-order chi connectivity index (χ0) is 14.7. The molecule has 3 rings (SSSR count). The van der Waals surface area contributed by atoms with Gasteiger partial charge in [0.1, 0.15) is 11.6 Å². The van der Waals surface area contributed by atoms with E-state index in [0.717, 1.165) is 31.2 Å². The van der Waals surface area contributed by atoms with Gasteiger partial charge in [0.15, 0.2) is 0 Å². The van der Waals surface area contributed by atoms with Gasteiger partial charge in [0.25, 0.3) is 5.91 Å². The van der Waals surface area contributed by atoms with Gasteiger partial charge in [-0.3, -0.25) is 4.79 Å². The van der Waals surface area contributed by atoms with Crippen molar-refractivity contribution < 1.29 is 4.79 Å². The molecule has 0 saturated carbocycles. The van der Waals surface area contributed by atoms with Crippen LogP contribution in [0.15, 0.2) is 30.7 Å². The summed E-state index contributed by atoms with van der Waals surface area (Å²) in [5.74, 6) is 1.72. The van der Waals surface area contributed by atoms with Gasteiger partial charge < -0.3 is 14.8 Å². The van der Waals surface area contributed by atoms with Crippen LogP contribution in [-0.2, 0) is 13.1 Å². The van der Waals surface area contributed by atoms with Crippen LogP contribution in [-0.4, -0.2) is 38.4 Å². The van der Waals surface area contributed by atoms with Crippen LogP contribution >= 0.6 is 0 Å². The van der Waals surface area contributed by atoms with Crippen molar-refractivity contribution in [2.45, 2.75) is 26.4 Å². The Bertz CT molecular complexity index is 636. The third-order valence-corrected chi connectivity index (χ3v) is 3.60. The van der Waals surface area contributed by atoms with Crippen LogP contribution in [0, 0.1) is 0 Å². The van der Waals surface area contributed by atoms with E-state index in [1.165, 1.54) is 0 Å². The normalized spacial score (nSPS) is 13.9. The van der Waals surface area contributed by atoms with Crippen LogP contribution in [0.4, 0.5) is 5.82 Å². The maximum atomic E-state index is 12.6. The molecule has 2 aromatic heterocycles. The van der Waals surface area contributed by atoms with Gasteiger partial charge in [0.2, 0.25) is 0 Å². The molecule has 6 nitrogen and oxygen atoms in total. The molecule has 0 unspecified atom stereocenters. The first-order valence-corrected chi connectivity index (χ1v) is 7.27. The lowest BCUT2D eigenvalue weighted by atomic mass is 10.2. The maximum absolute atomic E-state index is 12.6. The van der Waals surface area contributed by atoms with Crippen molar-refractivity contribution in [3.8, 4) is 0 Å². The molecule has 110 valence electrons. The number of amides is 1. The summed E-state index contributed by atoms with van der Waals surface area (Å²) in [6.07, 6.45) is 6.43. The zero-order valence-electron chi connectivity index (χ0n) is 12.1. The number of pyridine rings is 1. The molecule has 1 amide bonds. The number of anilines is 1. The number of nitrogens with one attached hydrogen (secondary N) is 1. The van der Waals surface area contributed by atoms with Gasteiger partial charge in [-0.25, -0.2) is 9.97 Å². The van der Waals surface area contributed by atoms with Gasteiger partial charge in [-0.05, 0) is 18.6 Å². The average Bonchev–Trinajstić information content (AvgIpc) is 3.00. The number of hydrogen-bond acceptors (Lipinski definition) is 4. The highest BCUT2D eigenvalue weighted by atomic mass is 16.2. The summed E-state index contributed by atoms with van der Waals surface area (Å²) < 4.78 is 2.09. The standard InChI is InChI=1S/C15H19N5O/c1-2-4-16-13-10-12(3-5-17-13)15(21)20-9-8-19-7-6-18-14(19)11-20/h3,5-7,10H,2,4,8-9,11H2,1H3,(H,16,17). The maximum Gasteiger partial charge on any atom is 0.254 e. The summed E-state index contributed by atoms with van der Waals surface area (Å²) in [7, 11) is 0. The predicted molar refractivity (Wildman–Crippen MR) is 80.0 cm³/mol. The van der Waals surface area contributed by atoms with E-state index in [1.54, 1.807) is 18.5 Å².